The average molecular weight is 376 g/mol. The zero-order valence-electron chi connectivity index (χ0n) is 14.3. The first kappa shape index (κ1) is 17.8. The smallest absolute Gasteiger partial charge is 0.232 e. The number of nitrogens with zero attached hydrogens (tertiary/aromatic N) is 2. The Hall–Kier alpha value is -2.04. The minimum atomic E-state index is -0.693. The minimum Gasteiger partial charge on any atom is -0.309 e. The normalized spacial score (nSPS) is 11.7. The molecule has 3 aromatic rings. The third kappa shape index (κ3) is 3.51. The molecule has 0 aliphatic rings. The Morgan fingerprint density at radius 3 is 2.72 bits per heavy atom. The Bertz CT molecular complexity index is 947. The summed E-state index contributed by atoms with van der Waals surface area (Å²) in [5, 5.41) is 3.62. The number of benzene rings is 1. The molecule has 1 amide bonds. The fourth-order valence-electron chi connectivity index (χ4n) is 2.44. The van der Waals surface area contributed by atoms with E-state index in [0.29, 0.717) is 16.5 Å². The van der Waals surface area contributed by atoms with E-state index in [1.807, 2.05) is 61.7 Å². The summed E-state index contributed by atoms with van der Waals surface area (Å²) >= 11 is 12.1. The number of nitrogens with one attached hydrogen (secondary N) is 1. The van der Waals surface area contributed by atoms with Gasteiger partial charge in [0.05, 0.1) is 5.41 Å². The zero-order chi connectivity index (χ0) is 18.2. The van der Waals surface area contributed by atoms with Crippen molar-refractivity contribution in [3.63, 3.8) is 0 Å². The molecular formula is C19H19Cl2N3O. The van der Waals surface area contributed by atoms with Crippen molar-refractivity contribution in [3.05, 3.63) is 53.2 Å². The van der Waals surface area contributed by atoms with Crippen LogP contribution in [0.4, 0.5) is 5.82 Å². The molecule has 0 spiro atoms. The highest BCUT2D eigenvalue weighted by Crippen LogP contribution is 2.32. The van der Waals surface area contributed by atoms with Crippen LogP contribution >= 0.6 is 23.2 Å². The number of aromatic nitrogens is 2. The number of rotatable bonds is 4. The van der Waals surface area contributed by atoms with Gasteiger partial charge in [-0.05, 0) is 44.5 Å². The van der Waals surface area contributed by atoms with E-state index in [-0.39, 0.29) is 11.8 Å². The summed E-state index contributed by atoms with van der Waals surface area (Å²) < 4.78 is 1.88. The highest BCUT2D eigenvalue weighted by atomic mass is 35.5. The van der Waals surface area contributed by atoms with Crippen molar-refractivity contribution in [2.24, 2.45) is 5.41 Å². The number of anilines is 1. The SMILES string of the molecule is Cc1ccc2nc(-c3cccc(Cl)c3)c(NC(=O)C(C)(C)CCl)n2c1. The molecule has 25 heavy (non-hydrogen) atoms. The lowest BCUT2D eigenvalue weighted by atomic mass is 9.95. The van der Waals surface area contributed by atoms with Crippen LogP contribution in [0.3, 0.4) is 0 Å². The van der Waals surface area contributed by atoms with E-state index >= 15 is 0 Å². The first-order valence-electron chi connectivity index (χ1n) is 7.94. The van der Waals surface area contributed by atoms with Gasteiger partial charge in [-0.15, -0.1) is 11.6 Å². The van der Waals surface area contributed by atoms with E-state index in [2.05, 4.69) is 10.3 Å². The second-order valence-corrected chi connectivity index (χ2v) is 7.43. The number of hydrogen-bond donors (Lipinski definition) is 1. The number of amides is 1. The summed E-state index contributed by atoms with van der Waals surface area (Å²) in [6.45, 7) is 5.61. The van der Waals surface area contributed by atoms with Crippen molar-refractivity contribution in [1.29, 1.82) is 0 Å². The van der Waals surface area contributed by atoms with Gasteiger partial charge in [-0.25, -0.2) is 4.98 Å². The van der Waals surface area contributed by atoms with Gasteiger partial charge < -0.3 is 5.32 Å². The number of aryl methyl sites for hydroxylation is 1. The fourth-order valence-corrected chi connectivity index (χ4v) is 2.76. The van der Waals surface area contributed by atoms with Crippen molar-refractivity contribution >= 4 is 40.6 Å². The predicted molar refractivity (Wildman–Crippen MR) is 104 cm³/mol. The number of carbonyl (C=O) groups excluding carboxylic acids is 1. The van der Waals surface area contributed by atoms with E-state index in [1.54, 1.807) is 6.07 Å². The number of carbonyl (C=O) groups is 1. The van der Waals surface area contributed by atoms with Gasteiger partial charge in [0.15, 0.2) is 0 Å². The maximum absolute atomic E-state index is 12.7. The number of pyridine rings is 1. The molecule has 0 bridgehead atoms. The lowest BCUT2D eigenvalue weighted by molar-refractivity contribution is -0.123. The predicted octanol–water partition coefficient (Wildman–Crippen LogP) is 5.17. The first-order valence-corrected chi connectivity index (χ1v) is 8.85. The molecule has 0 aliphatic carbocycles. The molecule has 0 fully saturated rings. The molecule has 3 rings (SSSR count). The zero-order valence-corrected chi connectivity index (χ0v) is 15.8. The topological polar surface area (TPSA) is 46.4 Å². The molecule has 0 saturated heterocycles. The van der Waals surface area contributed by atoms with Crippen molar-refractivity contribution in [2.45, 2.75) is 20.8 Å². The molecule has 6 heteroatoms. The summed E-state index contributed by atoms with van der Waals surface area (Å²) in [5.74, 6) is 0.680. The Kier molecular flexibility index (Phi) is 4.76. The lowest BCUT2D eigenvalue weighted by Gasteiger charge is -2.20. The fraction of sp³-hybridized carbons (Fsp3) is 0.263. The van der Waals surface area contributed by atoms with Crippen LogP contribution < -0.4 is 5.32 Å². The molecular weight excluding hydrogens is 357 g/mol. The number of halogens is 2. The molecule has 130 valence electrons. The van der Waals surface area contributed by atoms with Crippen LogP contribution in [0.5, 0.6) is 0 Å². The molecule has 2 heterocycles. The van der Waals surface area contributed by atoms with Crippen LogP contribution in [-0.2, 0) is 4.79 Å². The molecule has 2 aromatic heterocycles. The second-order valence-electron chi connectivity index (χ2n) is 6.73. The van der Waals surface area contributed by atoms with Gasteiger partial charge in [0, 0.05) is 22.7 Å². The number of fused-ring (bicyclic) bond motifs is 1. The molecule has 1 N–H and O–H groups in total. The molecule has 0 aliphatic heterocycles. The summed E-state index contributed by atoms with van der Waals surface area (Å²) in [4.78, 5) is 17.4. The van der Waals surface area contributed by atoms with Crippen molar-refractivity contribution in [2.75, 3.05) is 11.2 Å². The van der Waals surface area contributed by atoms with E-state index in [1.165, 1.54) is 0 Å². The van der Waals surface area contributed by atoms with E-state index < -0.39 is 5.41 Å². The van der Waals surface area contributed by atoms with Crippen LogP contribution in [0.1, 0.15) is 19.4 Å². The highest BCUT2D eigenvalue weighted by molar-refractivity contribution is 6.30. The summed E-state index contributed by atoms with van der Waals surface area (Å²) in [6, 6.07) is 11.3. The third-order valence-electron chi connectivity index (χ3n) is 4.05. The molecule has 0 unspecified atom stereocenters. The van der Waals surface area contributed by atoms with Crippen LogP contribution in [-0.4, -0.2) is 21.2 Å². The van der Waals surface area contributed by atoms with E-state index in [9.17, 15) is 4.79 Å². The van der Waals surface area contributed by atoms with Crippen molar-refractivity contribution < 1.29 is 4.79 Å². The molecule has 4 nitrogen and oxygen atoms in total. The lowest BCUT2D eigenvalue weighted by Crippen LogP contribution is -2.32. The molecule has 0 radical (unpaired) electrons. The minimum absolute atomic E-state index is 0.158. The Labute approximate surface area is 156 Å². The Balaban J connectivity index is 2.18. The largest absolute Gasteiger partial charge is 0.309 e. The first-order chi connectivity index (χ1) is 11.8. The van der Waals surface area contributed by atoms with E-state index in [0.717, 1.165) is 16.8 Å². The van der Waals surface area contributed by atoms with Crippen LogP contribution in [0.25, 0.3) is 16.9 Å². The third-order valence-corrected chi connectivity index (χ3v) is 4.95. The molecule has 1 aromatic carbocycles. The maximum atomic E-state index is 12.7. The van der Waals surface area contributed by atoms with Crippen molar-refractivity contribution in [1.82, 2.24) is 9.38 Å². The Morgan fingerprint density at radius 2 is 2.04 bits per heavy atom. The van der Waals surface area contributed by atoms with Crippen LogP contribution in [0.15, 0.2) is 42.6 Å². The standard InChI is InChI=1S/C19H19Cl2N3O/c1-12-7-8-15-22-16(13-5-4-6-14(21)9-13)17(24(15)10-12)23-18(25)19(2,3)11-20/h4-10H,11H2,1-3H3,(H,23,25). The van der Waals surface area contributed by atoms with Gasteiger partial charge in [0.1, 0.15) is 17.2 Å². The van der Waals surface area contributed by atoms with Gasteiger partial charge in [-0.3, -0.25) is 9.20 Å². The number of imidazole rings is 1. The number of hydrogen-bond acceptors (Lipinski definition) is 2. The highest BCUT2D eigenvalue weighted by Gasteiger charge is 2.28. The average Bonchev–Trinajstić information content (AvgIpc) is 2.92. The quantitative estimate of drug-likeness (QED) is 0.639. The summed E-state index contributed by atoms with van der Waals surface area (Å²) in [5.41, 5.74) is 2.63. The summed E-state index contributed by atoms with van der Waals surface area (Å²) in [7, 11) is 0. The van der Waals surface area contributed by atoms with Crippen molar-refractivity contribution in [3.8, 4) is 11.3 Å². The second kappa shape index (κ2) is 6.70. The van der Waals surface area contributed by atoms with E-state index in [4.69, 9.17) is 23.2 Å². The molecule has 0 atom stereocenters. The number of alkyl halides is 1. The molecule has 0 saturated carbocycles. The van der Waals surface area contributed by atoms with Gasteiger partial charge >= 0.3 is 0 Å². The van der Waals surface area contributed by atoms with Gasteiger partial charge in [0.2, 0.25) is 5.91 Å². The van der Waals surface area contributed by atoms with Crippen LogP contribution in [0.2, 0.25) is 5.02 Å². The maximum Gasteiger partial charge on any atom is 0.232 e. The summed E-state index contributed by atoms with van der Waals surface area (Å²) in [6.07, 6.45) is 1.94. The van der Waals surface area contributed by atoms with Gasteiger partial charge in [-0.1, -0.05) is 29.8 Å². The van der Waals surface area contributed by atoms with Gasteiger partial charge in [-0.2, -0.15) is 0 Å². The monoisotopic (exact) mass is 375 g/mol. The Morgan fingerprint density at radius 1 is 1.28 bits per heavy atom. The van der Waals surface area contributed by atoms with Crippen LogP contribution in [0, 0.1) is 12.3 Å². The van der Waals surface area contributed by atoms with Gasteiger partial charge in [0.25, 0.3) is 0 Å².